The second-order valence-electron chi connectivity index (χ2n) is 6.83. The highest BCUT2D eigenvalue weighted by Crippen LogP contribution is 2.22. The Kier molecular flexibility index (Phi) is 7.81. The van der Waals surface area contributed by atoms with Crippen LogP contribution < -0.4 is 5.32 Å². The van der Waals surface area contributed by atoms with Crippen molar-refractivity contribution in [2.24, 2.45) is 0 Å². The van der Waals surface area contributed by atoms with E-state index in [1.54, 1.807) is 12.0 Å². The molecule has 0 spiro atoms. The molecule has 0 saturated carbocycles. The zero-order chi connectivity index (χ0) is 19.2. The minimum absolute atomic E-state index is 0.0278. The molecule has 2 fully saturated rings. The summed E-state index contributed by atoms with van der Waals surface area (Å²) in [6.45, 7) is 4.20. The largest absolute Gasteiger partial charge is 0.385 e. The summed E-state index contributed by atoms with van der Waals surface area (Å²) in [6.07, 6.45) is 3.23. The van der Waals surface area contributed by atoms with Crippen molar-refractivity contribution in [3.05, 3.63) is 0 Å². The fraction of sp³-hybridized carbons (Fsp3) is 0.875. The minimum atomic E-state index is -3.36. The van der Waals surface area contributed by atoms with E-state index in [1.807, 2.05) is 4.90 Å². The Morgan fingerprint density at radius 3 is 2.46 bits per heavy atom. The molecule has 2 aliphatic heterocycles. The average Bonchev–Trinajstić information content (AvgIpc) is 3.09. The molecule has 2 amide bonds. The maximum absolute atomic E-state index is 12.7. The van der Waals surface area contributed by atoms with Gasteiger partial charge in [-0.15, -0.1) is 0 Å². The summed E-state index contributed by atoms with van der Waals surface area (Å²) in [7, 11) is -1.73. The van der Waals surface area contributed by atoms with Crippen molar-refractivity contribution in [3.63, 3.8) is 0 Å². The molecule has 2 saturated heterocycles. The smallest absolute Gasteiger partial charge is 0.241 e. The van der Waals surface area contributed by atoms with Crippen LogP contribution in [0.15, 0.2) is 0 Å². The lowest BCUT2D eigenvalue weighted by Crippen LogP contribution is -2.55. The summed E-state index contributed by atoms with van der Waals surface area (Å²) >= 11 is 0. The highest BCUT2D eigenvalue weighted by atomic mass is 32.2. The van der Waals surface area contributed by atoms with Crippen LogP contribution >= 0.6 is 0 Å². The summed E-state index contributed by atoms with van der Waals surface area (Å²) < 4.78 is 29.9. The number of carbonyl (C=O) groups is 2. The molecule has 0 aromatic carbocycles. The first kappa shape index (κ1) is 21.1. The quantitative estimate of drug-likeness (QED) is 0.518. The lowest BCUT2D eigenvalue weighted by molar-refractivity contribution is -0.136. The van der Waals surface area contributed by atoms with E-state index in [0.29, 0.717) is 65.3 Å². The normalized spacial score (nSPS) is 22.5. The van der Waals surface area contributed by atoms with E-state index in [2.05, 4.69) is 5.32 Å². The first-order valence-corrected chi connectivity index (χ1v) is 10.9. The number of hydrogen-bond donors (Lipinski definition) is 1. The standard InChI is InChI=1S/C16H30N4O5S/c1-25-12-4-6-17-15(21)13-18-8-10-19(11-9-18)16(22)14-5-3-7-20(14)26(2,23)24/h14H,3-13H2,1-2H3,(H,17,21). The molecule has 0 aromatic heterocycles. The number of methoxy groups -OCH3 is 1. The van der Waals surface area contributed by atoms with E-state index >= 15 is 0 Å². The molecule has 1 N–H and O–H groups in total. The first-order chi connectivity index (χ1) is 12.3. The maximum Gasteiger partial charge on any atom is 0.241 e. The van der Waals surface area contributed by atoms with Crippen LogP contribution in [-0.2, 0) is 24.3 Å². The molecule has 2 rings (SSSR count). The van der Waals surface area contributed by atoms with E-state index in [9.17, 15) is 18.0 Å². The second kappa shape index (κ2) is 9.63. The molecule has 150 valence electrons. The van der Waals surface area contributed by atoms with Gasteiger partial charge in [0.15, 0.2) is 0 Å². The monoisotopic (exact) mass is 390 g/mol. The Hall–Kier alpha value is -1.23. The van der Waals surface area contributed by atoms with E-state index in [1.165, 1.54) is 4.31 Å². The van der Waals surface area contributed by atoms with Crippen molar-refractivity contribution in [1.82, 2.24) is 19.4 Å². The van der Waals surface area contributed by atoms with Crippen LogP contribution in [0.3, 0.4) is 0 Å². The molecule has 26 heavy (non-hydrogen) atoms. The molecule has 2 aliphatic rings. The second-order valence-corrected chi connectivity index (χ2v) is 8.76. The van der Waals surface area contributed by atoms with Crippen LogP contribution in [0.1, 0.15) is 19.3 Å². The van der Waals surface area contributed by atoms with E-state index in [-0.39, 0.29) is 11.8 Å². The third-order valence-corrected chi connectivity index (χ3v) is 6.10. The van der Waals surface area contributed by atoms with Crippen LogP contribution in [-0.4, -0.2) is 106 Å². The lowest BCUT2D eigenvalue weighted by Gasteiger charge is -2.36. The van der Waals surface area contributed by atoms with Crippen molar-refractivity contribution in [2.45, 2.75) is 25.3 Å². The topological polar surface area (TPSA) is 99.3 Å². The predicted octanol–water partition coefficient (Wildman–Crippen LogP) is -1.29. The van der Waals surface area contributed by atoms with Crippen molar-refractivity contribution in [1.29, 1.82) is 0 Å². The van der Waals surface area contributed by atoms with Gasteiger partial charge in [0.25, 0.3) is 0 Å². The van der Waals surface area contributed by atoms with Gasteiger partial charge in [0, 0.05) is 53.0 Å². The fourth-order valence-corrected chi connectivity index (χ4v) is 4.54. The van der Waals surface area contributed by atoms with Gasteiger partial charge >= 0.3 is 0 Å². The van der Waals surface area contributed by atoms with Crippen LogP contribution in [0.25, 0.3) is 0 Å². The summed E-state index contributed by atoms with van der Waals surface area (Å²) in [5, 5.41) is 2.85. The zero-order valence-corrected chi connectivity index (χ0v) is 16.5. The van der Waals surface area contributed by atoms with E-state index in [4.69, 9.17) is 4.74 Å². The SMILES string of the molecule is COCCCNC(=O)CN1CCN(C(=O)C2CCCN2S(C)(=O)=O)CC1. The Bertz CT molecular complexity index is 589. The van der Waals surface area contributed by atoms with Gasteiger partial charge in [-0.25, -0.2) is 8.42 Å². The number of sulfonamides is 1. The van der Waals surface area contributed by atoms with Crippen LogP contribution in [0.4, 0.5) is 0 Å². The molecule has 9 nitrogen and oxygen atoms in total. The Labute approximate surface area is 155 Å². The van der Waals surface area contributed by atoms with Crippen molar-refractivity contribution in [2.75, 3.05) is 65.8 Å². The number of carbonyl (C=O) groups excluding carboxylic acids is 2. The van der Waals surface area contributed by atoms with Gasteiger partial charge in [-0.3, -0.25) is 14.5 Å². The predicted molar refractivity (Wildman–Crippen MR) is 97.1 cm³/mol. The van der Waals surface area contributed by atoms with E-state index < -0.39 is 16.1 Å². The summed E-state index contributed by atoms with van der Waals surface area (Å²) in [4.78, 5) is 28.3. The molecule has 1 atom stereocenters. The number of nitrogens with one attached hydrogen (secondary N) is 1. The van der Waals surface area contributed by atoms with Gasteiger partial charge < -0.3 is 15.0 Å². The average molecular weight is 391 g/mol. The number of rotatable bonds is 8. The number of hydrogen-bond acceptors (Lipinski definition) is 6. The molecular formula is C16H30N4O5S. The Morgan fingerprint density at radius 2 is 1.85 bits per heavy atom. The highest BCUT2D eigenvalue weighted by molar-refractivity contribution is 7.88. The number of amides is 2. The van der Waals surface area contributed by atoms with Gasteiger partial charge in [-0.2, -0.15) is 4.31 Å². The van der Waals surface area contributed by atoms with E-state index in [0.717, 1.165) is 12.7 Å². The maximum atomic E-state index is 12.7. The summed E-state index contributed by atoms with van der Waals surface area (Å²) in [5.41, 5.74) is 0. The van der Waals surface area contributed by atoms with Crippen molar-refractivity contribution in [3.8, 4) is 0 Å². The number of ether oxygens (including phenoxy) is 1. The van der Waals surface area contributed by atoms with Crippen molar-refractivity contribution >= 4 is 21.8 Å². The van der Waals surface area contributed by atoms with Gasteiger partial charge in [0.2, 0.25) is 21.8 Å². The molecule has 2 heterocycles. The number of piperazine rings is 1. The molecule has 0 radical (unpaired) electrons. The van der Waals surface area contributed by atoms with Crippen LogP contribution in [0.5, 0.6) is 0 Å². The Balaban J connectivity index is 1.75. The fourth-order valence-electron chi connectivity index (χ4n) is 3.42. The Morgan fingerprint density at radius 1 is 1.15 bits per heavy atom. The molecular weight excluding hydrogens is 360 g/mol. The van der Waals surface area contributed by atoms with Gasteiger partial charge in [-0.1, -0.05) is 0 Å². The van der Waals surface area contributed by atoms with Crippen LogP contribution in [0.2, 0.25) is 0 Å². The zero-order valence-electron chi connectivity index (χ0n) is 15.6. The molecule has 0 aliphatic carbocycles. The van der Waals surface area contributed by atoms with Gasteiger partial charge in [-0.05, 0) is 19.3 Å². The van der Waals surface area contributed by atoms with Crippen LogP contribution in [0, 0.1) is 0 Å². The summed E-state index contributed by atoms with van der Waals surface area (Å²) in [5.74, 6) is -0.142. The first-order valence-electron chi connectivity index (χ1n) is 9.06. The van der Waals surface area contributed by atoms with Crippen molar-refractivity contribution < 1.29 is 22.7 Å². The third-order valence-electron chi connectivity index (χ3n) is 4.81. The highest BCUT2D eigenvalue weighted by Gasteiger charge is 2.39. The minimum Gasteiger partial charge on any atom is -0.385 e. The summed E-state index contributed by atoms with van der Waals surface area (Å²) in [6, 6.07) is -0.569. The van der Waals surface area contributed by atoms with Gasteiger partial charge in [0.05, 0.1) is 12.8 Å². The lowest BCUT2D eigenvalue weighted by atomic mass is 10.2. The molecule has 0 bridgehead atoms. The molecule has 10 heteroatoms. The number of nitrogens with zero attached hydrogens (tertiary/aromatic N) is 3. The van der Waals surface area contributed by atoms with Gasteiger partial charge in [0.1, 0.15) is 6.04 Å². The third kappa shape index (κ3) is 5.90. The molecule has 1 unspecified atom stereocenters. The molecule has 0 aromatic rings.